The van der Waals surface area contributed by atoms with Crippen molar-refractivity contribution in [2.45, 2.75) is 90.1 Å². The Bertz CT molecular complexity index is 522. The Morgan fingerprint density at radius 3 is 2.47 bits per heavy atom. The minimum atomic E-state index is -1.37. The van der Waals surface area contributed by atoms with Crippen LogP contribution in [0.5, 0.6) is 0 Å². The van der Waals surface area contributed by atoms with Crippen LogP contribution in [0.25, 0.3) is 0 Å². The van der Waals surface area contributed by atoms with Gasteiger partial charge in [-0.2, -0.15) is 0 Å². The topological polar surface area (TPSA) is 54.0 Å². The Labute approximate surface area is 185 Å². The molecule has 6 heteroatoms. The van der Waals surface area contributed by atoms with Crippen LogP contribution in [0.3, 0.4) is 0 Å². The first-order valence-electron chi connectivity index (χ1n) is 12.1. The second kappa shape index (κ2) is 13.1. The quantitative estimate of drug-likeness (QED) is 0.191. The van der Waals surface area contributed by atoms with Gasteiger partial charge in [-0.3, -0.25) is 4.79 Å². The summed E-state index contributed by atoms with van der Waals surface area (Å²) >= 11 is 0. The van der Waals surface area contributed by atoms with Crippen LogP contribution in [-0.4, -0.2) is 52.9 Å². The Kier molecular flexibility index (Phi) is 11.2. The summed E-state index contributed by atoms with van der Waals surface area (Å²) in [4.78, 5) is 12.1. The van der Waals surface area contributed by atoms with E-state index in [1.165, 1.54) is 32.1 Å². The van der Waals surface area contributed by atoms with Gasteiger partial charge >= 0.3 is 0 Å². The minimum absolute atomic E-state index is 0.150. The highest BCUT2D eigenvalue weighted by Gasteiger charge is 2.51. The molecule has 0 N–H and O–H groups in total. The highest BCUT2D eigenvalue weighted by Crippen LogP contribution is 2.48. The third-order valence-corrected chi connectivity index (χ3v) is 7.17. The highest BCUT2D eigenvalue weighted by molar-refractivity contribution is 6.69. The van der Waals surface area contributed by atoms with Crippen LogP contribution in [0.15, 0.2) is 12.2 Å². The van der Waals surface area contributed by atoms with Crippen LogP contribution in [0.1, 0.15) is 64.7 Å². The summed E-state index contributed by atoms with van der Waals surface area (Å²) in [7, 11) is -1.37. The van der Waals surface area contributed by atoms with Crippen molar-refractivity contribution in [2.75, 3.05) is 33.0 Å². The Morgan fingerprint density at radius 1 is 1.07 bits per heavy atom. The lowest BCUT2D eigenvalue weighted by Crippen LogP contribution is -2.36. The van der Waals surface area contributed by atoms with Gasteiger partial charge in [-0.15, -0.1) is 0 Å². The monoisotopic (exact) mass is 440 g/mol. The summed E-state index contributed by atoms with van der Waals surface area (Å²) in [5.41, 5.74) is 0. The molecule has 1 spiro atoms. The van der Waals surface area contributed by atoms with E-state index in [9.17, 15) is 4.79 Å². The zero-order valence-corrected chi connectivity index (χ0v) is 20.8. The molecule has 2 atom stereocenters. The van der Waals surface area contributed by atoms with Crippen molar-refractivity contribution in [3.63, 3.8) is 0 Å². The number of allylic oxidation sites excluding steroid dienone is 2. The molecule has 2 fully saturated rings. The zero-order valence-electron chi connectivity index (χ0n) is 19.8. The van der Waals surface area contributed by atoms with Crippen LogP contribution < -0.4 is 0 Å². The normalized spacial score (nSPS) is 23.7. The molecule has 0 aromatic rings. The number of rotatable bonds is 15. The zero-order chi connectivity index (χ0) is 21.9. The van der Waals surface area contributed by atoms with E-state index in [0.717, 1.165) is 25.9 Å². The Morgan fingerprint density at radius 2 is 1.77 bits per heavy atom. The fourth-order valence-electron chi connectivity index (χ4n) is 4.58. The van der Waals surface area contributed by atoms with E-state index in [0.29, 0.717) is 44.7 Å². The predicted molar refractivity (Wildman–Crippen MR) is 123 cm³/mol. The van der Waals surface area contributed by atoms with Gasteiger partial charge in [0.1, 0.15) is 0 Å². The molecule has 1 aliphatic heterocycles. The maximum atomic E-state index is 12.1. The molecule has 0 amide bonds. The maximum Gasteiger partial charge on any atom is 0.183 e. The molecular weight excluding hydrogens is 396 g/mol. The van der Waals surface area contributed by atoms with E-state index in [4.69, 9.17) is 18.6 Å². The highest BCUT2D eigenvalue weighted by atomic mass is 28.4. The molecule has 2 aliphatic rings. The fraction of sp³-hybridized carbons (Fsp3) is 0.875. The predicted octanol–water partition coefficient (Wildman–Crippen LogP) is 5.50. The van der Waals surface area contributed by atoms with E-state index in [2.05, 4.69) is 25.7 Å². The van der Waals surface area contributed by atoms with Crippen LogP contribution in [0, 0.1) is 11.8 Å². The molecule has 30 heavy (non-hydrogen) atoms. The summed E-state index contributed by atoms with van der Waals surface area (Å²) in [6.45, 7) is 12.1. The molecule has 1 saturated heterocycles. The molecule has 0 aromatic carbocycles. The molecular formula is C24H44O5Si. The lowest BCUT2D eigenvalue weighted by molar-refractivity contribution is -0.186. The van der Waals surface area contributed by atoms with E-state index >= 15 is 0 Å². The summed E-state index contributed by atoms with van der Waals surface area (Å²) in [5.74, 6) is 0.460. The van der Waals surface area contributed by atoms with Gasteiger partial charge < -0.3 is 18.6 Å². The van der Waals surface area contributed by atoms with Gasteiger partial charge in [-0.25, -0.2) is 0 Å². The number of hydrogen-bond donors (Lipinski definition) is 0. The Balaban J connectivity index is 1.74. The summed E-state index contributed by atoms with van der Waals surface area (Å²) < 4.78 is 23.4. The van der Waals surface area contributed by atoms with E-state index < -0.39 is 14.1 Å². The first-order chi connectivity index (χ1) is 14.4. The van der Waals surface area contributed by atoms with Crippen molar-refractivity contribution in [1.82, 2.24) is 0 Å². The lowest BCUT2D eigenvalue weighted by atomic mass is 9.87. The van der Waals surface area contributed by atoms with Crippen molar-refractivity contribution in [3.8, 4) is 0 Å². The van der Waals surface area contributed by atoms with Gasteiger partial charge in [0.15, 0.2) is 19.9 Å². The molecule has 0 aromatic heterocycles. The van der Waals surface area contributed by atoms with Gasteiger partial charge in [0.2, 0.25) is 0 Å². The first-order valence-corrected chi connectivity index (χ1v) is 15.5. The van der Waals surface area contributed by atoms with E-state index in [1.54, 1.807) is 6.08 Å². The molecule has 2 rings (SSSR count). The molecule has 0 bridgehead atoms. The second-order valence-corrected chi connectivity index (χ2v) is 14.1. The van der Waals surface area contributed by atoms with Gasteiger partial charge in [0.25, 0.3) is 0 Å². The van der Waals surface area contributed by atoms with Gasteiger partial charge in [0.05, 0.1) is 19.8 Å². The summed E-state index contributed by atoms with van der Waals surface area (Å²) in [6.07, 6.45) is 13.5. The minimum Gasteiger partial charge on any atom is -0.418 e. The first kappa shape index (κ1) is 25.7. The molecule has 174 valence electrons. The largest absolute Gasteiger partial charge is 0.418 e. The SMILES string of the molecule is CCOCCC(=O)C=CC1CCC2(OCCO2)C1CCCCCCCO[Si](C)(C)C. The molecule has 1 aliphatic carbocycles. The number of hydrogen-bond acceptors (Lipinski definition) is 5. The van der Waals surface area contributed by atoms with Crippen molar-refractivity contribution in [3.05, 3.63) is 12.2 Å². The van der Waals surface area contributed by atoms with Crippen LogP contribution in [-0.2, 0) is 23.4 Å². The molecule has 5 nitrogen and oxygen atoms in total. The lowest BCUT2D eigenvalue weighted by Gasteiger charge is -2.31. The average Bonchev–Trinajstić information content (AvgIpc) is 3.30. The van der Waals surface area contributed by atoms with Crippen LogP contribution in [0.2, 0.25) is 19.6 Å². The molecule has 0 radical (unpaired) electrons. The van der Waals surface area contributed by atoms with Crippen molar-refractivity contribution in [1.29, 1.82) is 0 Å². The van der Waals surface area contributed by atoms with E-state index in [-0.39, 0.29) is 5.78 Å². The molecule has 1 heterocycles. The number of carbonyl (C=O) groups is 1. The van der Waals surface area contributed by atoms with Crippen molar-refractivity contribution in [2.24, 2.45) is 11.8 Å². The second-order valence-electron chi connectivity index (χ2n) is 9.61. The van der Waals surface area contributed by atoms with E-state index in [1.807, 2.05) is 6.92 Å². The maximum absolute atomic E-state index is 12.1. The molecule has 2 unspecified atom stereocenters. The standard InChI is InChI=1S/C24H44O5Si/c1-5-26-18-15-22(25)13-12-21-14-16-24(27-19-20-28-24)23(21)11-9-7-6-8-10-17-29-30(2,3)4/h12-13,21,23H,5-11,14-20H2,1-4H3. The number of unbranched alkanes of at least 4 members (excludes halogenated alkanes) is 4. The van der Waals surface area contributed by atoms with Crippen LogP contribution in [0.4, 0.5) is 0 Å². The fourth-order valence-corrected chi connectivity index (χ4v) is 5.34. The van der Waals surface area contributed by atoms with Gasteiger partial charge in [-0.05, 0) is 57.8 Å². The van der Waals surface area contributed by atoms with Crippen molar-refractivity contribution >= 4 is 14.1 Å². The third kappa shape index (κ3) is 8.91. The summed E-state index contributed by atoms with van der Waals surface area (Å²) in [6, 6.07) is 0. The third-order valence-electron chi connectivity index (χ3n) is 6.10. The van der Waals surface area contributed by atoms with Gasteiger partial charge in [-0.1, -0.05) is 31.8 Å². The average molecular weight is 441 g/mol. The molecule has 1 saturated carbocycles. The summed E-state index contributed by atoms with van der Waals surface area (Å²) in [5, 5.41) is 0. The van der Waals surface area contributed by atoms with Crippen molar-refractivity contribution < 1.29 is 23.4 Å². The van der Waals surface area contributed by atoms with Crippen LogP contribution >= 0.6 is 0 Å². The Hall–Kier alpha value is -0.533. The van der Waals surface area contributed by atoms with Gasteiger partial charge in [0, 0.05) is 32.0 Å². The number of ether oxygens (including phenoxy) is 3. The smallest absolute Gasteiger partial charge is 0.183 e. The number of ketones is 1. The number of carbonyl (C=O) groups excluding carboxylic acids is 1.